The van der Waals surface area contributed by atoms with Crippen LogP contribution in [0.15, 0.2) is 46.1 Å². The molecule has 9 heteroatoms. The molecule has 1 aliphatic heterocycles. The van der Waals surface area contributed by atoms with E-state index in [9.17, 15) is 14.3 Å². The highest BCUT2D eigenvalue weighted by Crippen LogP contribution is 2.36. The molecule has 1 aromatic carbocycles. The first-order valence-electron chi connectivity index (χ1n) is 12.2. The molecule has 0 aliphatic carbocycles. The zero-order valence-corrected chi connectivity index (χ0v) is 22.3. The highest BCUT2D eigenvalue weighted by atomic mass is 32.2. The maximum atomic E-state index is 14.8. The summed E-state index contributed by atoms with van der Waals surface area (Å²) < 4.78 is 26.4. The molecule has 1 saturated heterocycles. The van der Waals surface area contributed by atoms with Gasteiger partial charge >= 0.3 is 5.97 Å². The first-order chi connectivity index (χ1) is 17.5. The fourth-order valence-electron chi connectivity index (χ4n) is 5.04. The number of thiophene rings is 1. The summed E-state index contributed by atoms with van der Waals surface area (Å²) in [6.07, 6.45) is 2.60. The minimum atomic E-state index is -0.971. The van der Waals surface area contributed by atoms with Crippen LogP contribution in [0.3, 0.4) is 0 Å². The summed E-state index contributed by atoms with van der Waals surface area (Å²) in [4.78, 5) is 18.7. The monoisotopic (exact) mass is 532 g/mol. The number of likely N-dealkylation sites (tertiary alicyclic amines) is 1. The van der Waals surface area contributed by atoms with Crippen molar-refractivity contribution in [2.45, 2.75) is 36.0 Å². The van der Waals surface area contributed by atoms with Crippen LogP contribution in [0.1, 0.15) is 37.4 Å². The number of rotatable bonds is 11. The second kappa shape index (κ2) is 12.9. The molecule has 0 bridgehead atoms. The zero-order valence-electron chi connectivity index (χ0n) is 20.7. The Balaban J connectivity index is 1.40. The molecule has 36 heavy (non-hydrogen) atoms. The van der Waals surface area contributed by atoms with Gasteiger partial charge in [-0.25, -0.2) is 4.39 Å². The Labute approximate surface area is 219 Å². The summed E-state index contributed by atoms with van der Waals surface area (Å²) in [7, 11) is 2.98. The third-order valence-electron chi connectivity index (χ3n) is 6.99. The van der Waals surface area contributed by atoms with Crippen LogP contribution in [-0.2, 0) is 9.53 Å². The van der Waals surface area contributed by atoms with Crippen LogP contribution in [0.4, 0.5) is 4.39 Å². The van der Waals surface area contributed by atoms with E-state index in [-0.39, 0.29) is 23.4 Å². The lowest BCUT2D eigenvalue weighted by atomic mass is 9.79. The standard InChI is InChI=1S/C27H33FN2O4S2/c1-33-20-6-7-23-21(15-20)27(22(28)16-29-23)24(31)8-5-18-9-10-30(17-19(18)14-25(32)34-2)11-13-36-26-4-3-12-35-26/h3-4,6-7,12,15-16,18-19,24,31H,5,8-11,13-14,17H2,1-2H3. The molecule has 194 valence electrons. The molecule has 1 fully saturated rings. The number of carbonyl (C=O) groups is 1. The summed E-state index contributed by atoms with van der Waals surface area (Å²) in [5.74, 6) is 1.26. The number of piperidine rings is 1. The number of esters is 1. The highest BCUT2D eigenvalue weighted by Gasteiger charge is 2.32. The van der Waals surface area contributed by atoms with Crippen molar-refractivity contribution in [1.29, 1.82) is 0 Å². The number of halogens is 1. The number of benzene rings is 1. The Bertz CT molecular complexity index is 1140. The van der Waals surface area contributed by atoms with Crippen molar-refractivity contribution >= 4 is 40.0 Å². The molecule has 3 atom stereocenters. The van der Waals surface area contributed by atoms with Gasteiger partial charge in [-0.1, -0.05) is 6.07 Å². The molecule has 1 aliphatic rings. The molecular formula is C27H33FN2O4S2. The Kier molecular flexibility index (Phi) is 9.59. The number of nitrogens with zero attached hydrogens (tertiary/aromatic N) is 2. The number of aliphatic hydroxyl groups is 1. The predicted molar refractivity (Wildman–Crippen MR) is 142 cm³/mol. The van der Waals surface area contributed by atoms with Crippen LogP contribution >= 0.6 is 23.1 Å². The van der Waals surface area contributed by atoms with Gasteiger partial charge < -0.3 is 19.5 Å². The second-order valence-electron chi connectivity index (χ2n) is 9.17. The molecular weight excluding hydrogens is 499 g/mol. The minimum Gasteiger partial charge on any atom is -0.497 e. The molecule has 3 aromatic rings. The van der Waals surface area contributed by atoms with Crippen molar-refractivity contribution in [3.8, 4) is 5.75 Å². The van der Waals surface area contributed by atoms with Crippen molar-refractivity contribution in [3.05, 3.63) is 53.3 Å². The van der Waals surface area contributed by atoms with Gasteiger partial charge in [-0.3, -0.25) is 9.78 Å². The highest BCUT2D eigenvalue weighted by molar-refractivity contribution is 8.01. The fraction of sp³-hybridized carbons (Fsp3) is 0.481. The molecule has 2 aromatic heterocycles. The van der Waals surface area contributed by atoms with Gasteiger partial charge in [0.05, 0.1) is 36.2 Å². The molecule has 0 amide bonds. The lowest BCUT2D eigenvalue weighted by Gasteiger charge is -2.38. The van der Waals surface area contributed by atoms with E-state index in [0.29, 0.717) is 35.9 Å². The van der Waals surface area contributed by atoms with E-state index in [1.165, 1.54) is 17.5 Å². The maximum absolute atomic E-state index is 14.8. The predicted octanol–water partition coefficient (Wildman–Crippen LogP) is 5.55. The van der Waals surface area contributed by atoms with Gasteiger partial charge in [0.2, 0.25) is 0 Å². The third-order valence-corrected chi connectivity index (χ3v) is 9.10. The van der Waals surface area contributed by atoms with Gasteiger partial charge in [0.1, 0.15) is 11.6 Å². The van der Waals surface area contributed by atoms with E-state index in [2.05, 4.69) is 27.4 Å². The van der Waals surface area contributed by atoms with E-state index in [0.717, 1.165) is 31.8 Å². The average molecular weight is 533 g/mol. The van der Waals surface area contributed by atoms with E-state index >= 15 is 0 Å². The Morgan fingerprint density at radius 1 is 1.33 bits per heavy atom. The Morgan fingerprint density at radius 3 is 2.94 bits per heavy atom. The van der Waals surface area contributed by atoms with Crippen LogP contribution in [0.2, 0.25) is 0 Å². The first kappa shape index (κ1) is 26.9. The van der Waals surface area contributed by atoms with Crippen LogP contribution in [0.5, 0.6) is 5.75 Å². The summed E-state index contributed by atoms with van der Waals surface area (Å²) in [6.45, 7) is 2.74. The fourth-order valence-corrected chi connectivity index (χ4v) is 6.90. The molecule has 0 spiro atoms. The SMILES string of the molecule is COC(=O)CC1CN(CCSc2cccs2)CCC1CCC(O)c1c(F)cnc2ccc(OC)cc12. The van der Waals surface area contributed by atoms with Crippen molar-refractivity contribution in [1.82, 2.24) is 9.88 Å². The quantitative estimate of drug-likeness (QED) is 0.256. The van der Waals surface area contributed by atoms with Crippen LogP contribution in [0.25, 0.3) is 10.9 Å². The topological polar surface area (TPSA) is 71.9 Å². The number of ether oxygens (including phenoxy) is 2. The van der Waals surface area contributed by atoms with Gasteiger partial charge in [-0.15, -0.1) is 23.1 Å². The lowest BCUT2D eigenvalue weighted by molar-refractivity contribution is -0.142. The number of thioether (sulfide) groups is 1. The number of hydrogen-bond donors (Lipinski definition) is 1. The number of hydrogen-bond acceptors (Lipinski definition) is 8. The van der Waals surface area contributed by atoms with Crippen LogP contribution < -0.4 is 4.74 Å². The van der Waals surface area contributed by atoms with Gasteiger partial charge in [0.25, 0.3) is 0 Å². The van der Waals surface area contributed by atoms with Crippen molar-refractivity contribution in [2.75, 3.05) is 39.6 Å². The normalized spacial score (nSPS) is 19.3. The summed E-state index contributed by atoms with van der Waals surface area (Å²) in [5, 5.41) is 13.7. The van der Waals surface area contributed by atoms with E-state index < -0.39 is 11.9 Å². The largest absolute Gasteiger partial charge is 0.497 e. The van der Waals surface area contributed by atoms with Crippen molar-refractivity contribution in [2.24, 2.45) is 11.8 Å². The number of carbonyl (C=O) groups excluding carboxylic acids is 1. The van der Waals surface area contributed by atoms with Gasteiger partial charge in [-0.2, -0.15) is 0 Å². The molecule has 0 radical (unpaired) electrons. The van der Waals surface area contributed by atoms with Crippen LogP contribution in [-0.4, -0.2) is 60.6 Å². The summed E-state index contributed by atoms with van der Waals surface area (Å²) in [5.41, 5.74) is 0.870. The summed E-state index contributed by atoms with van der Waals surface area (Å²) in [6, 6.07) is 9.46. The molecule has 3 heterocycles. The molecule has 3 unspecified atom stereocenters. The van der Waals surface area contributed by atoms with Crippen molar-refractivity contribution in [3.63, 3.8) is 0 Å². The lowest BCUT2D eigenvalue weighted by Crippen LogP contribution is -2.42. The number of aliphatic hydroxyl groups excluding tert-OH is 1. The van der Waals surface area contributed by atoms with E-state index in [4.69, 9.17) is 9.47 Å². The van der Waals surface area contributed by atoms with Gasteiger partial charge in [-0.05, 0) is 67.3 Å². The smallest absolute Gasteiger partial charge is 0.305 e. The second-order valence-corrected chi connectivity index (χ2v) is 11.5. The number of methoxy groups -OCH3 is 2. The first-order valence-corrected chi connectivity index (χ1v) is 14.1. The molecule has 4 rings (SSSR count). The van der Waals surface area contributed by atoms with E-state index in [1.54, 1.807) is 36.6 Å². The van der Waals surface area contributed by atoms with Gasteiger partial charge in [0, 0.05) is 36.2 Å². The zero-order chi connectivity index (χ0) is 25.5. The molecule has 1 N–H and O–H groups in total. The van der Waals surface area contributed by atoms with Crippen LogP contribution in [0, 0.1) is 17.7 Å². The number of aromatic nitrogens is 1. The van der Waals surface area contributed by atoms with Crippen molar-refractivity contribution < 1.29 is 23.8 Å². The Hall–Kier alpha value is -2.20. The third kappa shape index (κ3) is 6.76. The summed E-state index contributed by atoms with van der Waals surface area (Å²) >= 11 is 3.62. The van der Waals surface area contributed by atoms with E-state index in [1.807, 2.05) is 11.8 Å². The number of pyridine rings is 1. The maximum Gasteiger partial charge on any atom is 0.305 e. The Morgan fingerprint density at radius 2 is 2.19 bits per heavy atom. The number of fused-ring (bicyclic) bond motifs is 1. The average Bonchev–Trinajstić information content (AvgIpc) is 3.41. The molecule has 6 nitrogen and oxygen atoms in total. The molecule has 0 saturated carbocycles. The van der Waals surface area contributed by atoms with Gasteiger partial charge in [0.15, 0.2) is 0 Å². The minimum absolute atomic E-state index is 0.143.